The highest BCUT2D eigenvalue weighted by molar-refractivity contribution is 6.33. The second-order valence-corrected chi connectivity index (χ2v) is 4.98. The Labute approximate surface area is 129 Å². The van der Waals surface area contributed by atoms with Gasteiger partial charge in [-0.25, -0.2) is 8.78 Å². The first-order valence-electron chi connectivity index (χ1n) is 6.42. The molecule has 2 aromatic carbocycles. The van der Waals surface area contributed by atoms with Gasteiger partial charge in [0.05, 0.1) is 22.8 Å². The summed E-state index contributed by atoms with van der Waals surface area (Å²) < 4.78 is 32.9. The van der Waals surface area contributed by atoms with Crippen LogP contribution in [-0.4, -0.2) is 10.3 Å². The quantitative estimate of drug-likeness (QED) is 0.776. The third-order valence-corrected chi connectivity index (χ3v) is 3.59. The average Bonchev–Trinajstić information content (AvgIpc) is 2.91. The first-order chi connectivity index (χ1) is 10.6. The molecule has 6 heteroatoms. The van der Waals surface area contributed by atoms with Crippen molar-refractivity contribution < 1.29 is 18.4 Å². The zero-order chi connectivity index (χ0) is 15.7. The highest BCUT2D eigenvalue weighted by atomic mass is 35.5. The fourth-order valence-corrected chi connectivity index (χ4v) is 2.46. The number of nitrogens with zero attached hydrogens (tertiary/aromatic N) is 1. The van der Waals surface area contributed by atoms with Crippen LogP contribution in [0.15, 0.2) is 47.0 Å². The third kappa shape index (κ3) is 2.38. The molecule has 1 N–H and O–H groups in total. The third-order valence-electron chi connectivity index (χ3n) is 3.27. The van der Waals surface area contributed by atoms with Crippen molar-refractivity contribution in [1.82, 2.24) is 5.16 Å². The zero-order valence-corrected chi connectivity index (χ0v) is 11.9. The van der Waals surface area contributed by atoms with Crippen LogP contribution in [0, 0.1) is 11.6 Å². The maximum Gasteiger partial charge on any atom is 0.178 e. The topological polar surface area (TPSA) is 46.3 Å². The fourth-order valence-electron chi connectivity index (χ4n) is 2.23. The summed E-state index contributed by atoms with van der Waals surface area (Å²) in [5.41, 5.74) is 0.583. The van der Waals surface area contributed by atoms with Gasteiger partial charge in [0.1, 0.15) is 17.3 Å². The molecule has 112 valence electrons. The van der Waals surface area contributed by atoms with Gasteiger partial charge in [-0.2, -0.15) is 0 Å². The van der Waals surface area contributed by atoms with E-state index < -0.39 is 18.2 Å². The van der Waals surface area contributed by atoms with Crippen LogP contribution < -0.4 is 0 Å². The van der Waals surface area contributed by atoms with Crippen molar-refractivity contribution in [1.29, 1.82) is 0 Å². The Balaban J connectivity index is 2.23. The Morgan fingerprint density at radius 2 is 1.73 bits per heavy atom. The predicted octanol–water partition coefficient (Wildman–Crippen LogP) is 4.43. The van der Waals surface area contributed by atoms with Crippen LogP contribution in [-0.2, 0) is 6.61 Å². The van der Waals surface area contributed by atoms with Crippen molar-refractivity contribution in [3.8, 4) is 22.6 Å². The minimum Gasteiger partial charge on any atom is -0.391 e. The summed E-state index contributed by atoms with van der Waals surface area (Å²) in [4.78, 5) is 0. The zero-order valence-electron chi connectivity index (χ0n) is 11.2. The lowest BCUT2D eigenvalue weighted by Gasteiger charge is -2.04. The van der Waals surface area contributed by atoms with E-state index in [1.54, 1.807) is 24.3 Å². The molecule has 0 bridgehead atoms. The number of aliphatic hydroxyl groups excluding tert-OH is 1. The van der Waals surface area contributed by atoms with Gasteiger partial charge in [-0.3, -0.25) is 0 Å². The maximum absolute atomic E-state index is 13.9. The Bertz CT molecular complexity index is 813. The minimum atomic E-state index is -0.795. The molecule has 22 heavy (non-hydrogen) atoms. The smallest absolute Gasteiger partial charge is 0.178 e. The number of aromatic nitrogens is 1. The van der Waals surface area contributed by atoms with Crippen molar-refractivity contribution >= 4 is 11.6 Å². The summed E-state index contributed by atoms with van der Waals surface area (Å²) >= 11 is 6.09. The lowest BCUT2D eigenvalue weighted by molar-refractivity contribution is 0.281. The van der Waals surface area contributed by atoms with Gasteiger partial charge in [-0.15, -0.1) is 0 Å². The Morgan fingerprint density at radius 3 is 2.36 bits per heavy atom. The number of hydrogen-bond donors (Lipinski definition) is 1. The van der Waals surface area contributed by atoms with Gasteiger partial charge in [0.15, 0.2) is 5.76 Å². The van der Waals surface area contributed by atoms with Crippen LogP contribution in [0.4, 0.5) is 8.78 Å². The van der Waals surface area contributed by atoms with Crippen molar-refractivity contribution in [2.45, 2.75) is 6.61 Å². The standard InChI is InChI=1S/C16H10ClF2NO2/c17-11-5-2-1-4-9(11)15-10(8-21)16(22-20-15)14-12(18)6-3-7-13(14)19/h1-7,21H,8H2. The van der Waals surface area contributed by atoms with Crippen LogP contribution >= 0.6 is 11.6 Å². The largest absolute Gasteiger partial charge is 0.391 e. The van der Waals surface area contributed by atoms with Gasteiger partial charge in [0.2, 0.25) is 0 Å². The highest BCUT2D eigenvalue weighted by Crippen LogP contribution is 2.37. The van der Waals surface area contributed by atoms with E-state index in [2.05, 4.69) is 5.16 Å². The molecule has 3 rings (SSSR count). The van der Waals surface area contributed by atoms with E-state index in [1.807, 2.05) is 0 Å². The Morgan fingerprint density at radius 1 is 1.05 bits per heavy atom. The summed E-state index contributed by atoms with van der Waals surface area (Å²) in [5, 5.41) is 13.8. The molecule has 0 atom stereocenters. The van der Waals surface area contributed by atoms with Gasteiger partial charge in [-0.1, -0.05) is 41.0 Å². The first kappa shape index (κ1) is 14.7. The second kappa shape index (κ2) is 5.87. The van der Waals surface area contributed by atoms with Crippen molar-refractivity contribution in [2.75, 3.05) is 0 Å². The minimum absolute atomic E-state index is 0.145. The van der Waals surface area contributed by atoms with Gasteiger partial charge >= 0.3 is 0 Å². The lowest BCUT2D eigenvalue weighted by Crippen LogP contribution is -1.94. The summed E-state index contributed by atoms with van der Waals surface area (Å²) in [6, 6.07) is 10.3. The number of rotatable bonds is 3. The maximum atomic E-state index is 13.9. The monoisotopic (exact) mass is 321 g/mol. The van der Waals surface area contributed by atoms with E-state index in [1.165, 1.54) is 6.07 Å². The molecule has 0 aliphatic rings. The number of aliphatic hydroxyl groups is 1. The van der Waals surface area contributed by atoms with Gasteiger partial charge in [0.25, 0.3) is 0 Å². The molecule has 3 aromatic rings. The molecule has 1 heterocycles. The summed E-state index contributed by atoms with van der Waals surface area (Å²) in [7, 11) is 0. The van der Waals surface area contributed by atoms with E-state index >= 15 is 0 Å². The molecule has 3 nitrogen and oxygen atoms in total. The summed E-state index contributed by atoms with van der Waals surface area (Å²) in [5.74, 6) is -1.74. The first-order valence-corrected chi connectivity index (χ1v) is 6.80. The molecule has 0 fully saturated rings. The number of halogens is 3. The van der Waals surface area contributed by atoms with Crippen molar-refractivity contribution in [3.05, 3.63) is 64.7 Å². The number of benzene rings is 2. The van der Waals surface area contributed by atoms with Gasteiger partial charge in [0, 0.05) is 5.56 Å². The molecule has 0 amide bonds. The van der Waals surface area contributed by atoms with Crippen molar-refractivity contribution in [3.63, 3.8) is 0 Å². The highest BCUT2D eigenvalue weighted by Gasteiger charge is 2.24. The van der Waals surface area contributed by atoms with E-state index in [4.69, 9.17) is 16.1 Å². The lowest BCUT2D eigenvalue weighted by atomic mass is 10.0. The second-order valence-electron chi connectivity index (χ2n) is 4.57. The van der Waals surface area contributed by atoms with Crippen LogP contribution in [0.3, 0.4) is 0 Å². The SMILES string of the molecule is OCc1c(-c2ccccc2Cl)noc1-c1c(F)cccc1F. The molecular formula is C16H10ClF2NO2. The molecule has 0 saturated carbocycles. The van der Waals surface area contributed by atoms with E-state index in [9.17, 15) is 13.9 Å². The molecule has 0 aliphatic carbocycles. The van der Waals surface area contributed by atoms with Crippen molar-refractivity contribution in [2.24, 2.45) is 0 Å². The molecule has 0 saturated heterocycles. The van der Waals surface area contributed by atoms with Crippen LogP contribution in [0.5, 0.6) is 0 Å². The van der Waals surface area contributed by atoms with E-state index in [0.29, 0.717) is 10.6 Å². The summed E-state index contributed by atoms with van der Waals surface area (Å²) in [6.45, 7) is -0.493. The van der Waals surface area contributed by atoms with E-state index in [0.717, 1.165) is 12.1 Å². The average molecular weight is 322 g/mol. The van der Waals surface area contributed by atoms with E-state index in [-0.39, 0.29) is 22.6 Å². The Hall–Kier alpha value is -2.24. The molecule has 0 radical (unpaired) electrons. The number of hydrogen-bond acceptors (Lipinski definition) is 3. The van der Waals surface area contributed by atoms with Gasteiger partial charge in [-0.05, 0) is 18.2 Å². The molecule has 0 spiro atoms. The summed E-state index contributed by atoms with van der Waals surface area (Å²) in [6.07, 6.45) is 0. The molecule has 1 aromatic heterocycles. The molecule has 0 aliphatic heterocycles. The predicted molar refractivity (Wildman–Crippen MR) is 78.2 cm³/mol. The normalized spacial score (nSPS) is 10.9. The van der Waals surface area contributed by atoms with Gasteiger partial charge < -0.3 is 9.63 Å². The Kier molecular flexibility index (Phi) is 3.92. The fraction of sp³-hybridized carbons (Fsp3) is 0.0625. The molecule has 0 unspecified atom stereocenters. The molecular weight excluding hydrogens is 312 g/mol. The van der Waals surface area contributed by atoms with Crippen LogP contribution in [0.2, 0.25) is 5.02 Å². The van der Waals surface area contributed by atoms with Crippen LogP contribution in [0.1, 0.15) is 5.56 Å². The van der Waals surface area contributed by atoms with Crippen LogP contribution in [0.25, 0.3) is 22.6 Å².